The summed E-state index contributed by atoms with van der Waals surface area (Å²) in [6.07, 6.45) is 0.752. The van der Waals surface area contributed by atoms with E-state index in [2.05, 4.69) is 10.3 Å². The van der Waals surface area contributed by atoms with E-state index in [-0.39, 0.29) is 89.1 Å². The minimum Gasteiger partial charge on any atom is -0.481 e. The molecule has 1 unspecified atom stereocenters. The summed E-state index contributed by atoms with van der Waals surface area (Å²) in [5, 5.41) is 31.2. The van der Waals surface area contributed by atoms with Gasteiger partial charge in [0.15, 0.2) is 0 Å². The first-order valence-electron chi connectivity index (χ1n) is 13.9. The predicted octanol–water partition coefficient (Wildman–Crippen LogP) is -1.52. The van der Waals surface area contributed by atoms with Gasteiger partial charge in [0.05, 0.1) is 30.9 Å². The van der Waals surface area contributed by atoms with Crippen molar-refractivity contribution in [2.45, 2.75) is 44.8 Å². The number of hydrogen-bond donors (Lipinski definition) is 4. The van der Waals surface area contributed by atoms with Gasteiger partial charge in [-0.3, -0.25) is 53.4 Å². The minimum atomic E-state index is -1.36. The first-order chi connectivity index (χ1) is 20.5. The lowest BCUT2D eigenvalue weighted by Crippen LogP contribution is -2.49. The molecule has 4 N–H and O–H groups in total. The van der Waals surface area contributed by atoms with Crippen LogP contribution in [-0.2, 0) is 41.9 Å². The highest BCUT2D eigenvalue weighted by molar-refractivity contribution is 6.01. The molecule has 16 heteroatoms. The number of likely N-dealkylation sites (tertiary alicyclic amines) is 1. The van der Waals surface area contributed by atoms with Crippen LogP contribution in [0, 0.1) is 0 Å². The number of imide groups is 1. The number of pyridine rings is 1. The van der Waals surface area contributed by atoms with E-state index in [9.17, 15) is 48.9 Å². The Hall–Kier alpha value is -4.28. The third-order valence-electron chi connectivity index (χ3n) is 7.16. The summed E-state index contributed by atoms with van der Waals surface area (Å²) in [4.78, 5) is 93.4. The van der Waals surface area contributed by atoms with Gasteiger partial charge in [-0.05, 0) is 18.6 Å². The SMILES string of the molecule is O=CCN1CCN(C(CC(=O)O)C(=O)O)CCN(CC(=O)O)Cc2cc(C(=O)NCCCN3C(=O)CCC3=O)cc(n2)C1. The number of amides is 3. The van der Waals surface area contributed by atoms with Crippen LogP contribution >= 0.6 is 0 Å². The third kappa shape index (κ3) is 10.2. The molecule has 1 saturated heterocycles. The van der Waals surface area contributed by atoms with Gasteiger partial charge in [0.1, 0.15) is 12.3 Å². The number of aliphatic carboxylic acids is 3. The molecule has 0 saturated carbocycles. The molecule has 0 aliphatic carbocycles. The number of hydrogen-bond acceptors (Lipinski definition) is 11. The average Bonchev–Trinajstić information content (AvgIpc) is 3.25. The molecule has 16 nitrogen and oxygen atoms in total. The molecule has 3 heterocycles. The summed E-state index contributed by atoms with van der Waals surface area (Å²) < 4.78 is 0. The highest BCUT2D eigenvalue weighted by atomic mass is 16.4. The monoisotopic (exact) mass is 604 g/mol. The van der Waals surface area contributed by atoms with Crippen molar-refractivity contribution in [1.29, 1.82) is 0 Å². The summed E-state index contributed by atoms with van der Waals surface area (Å²) in [5.41, 5.74) is 1.04. The van der Waals surface area contributed by atoms with E-state index in [0.717, 1.165) is 0 Å². The lowest BCUT2D eigenvalue weighted by molar-refractivity contribution is -0.150. The maximum Gasteiger partial charge on any atom is 0.321 e. The van der Waals surface area contributed by atoms with Crippen LogP contribution in [-0.4, -0.2) is 140 Å². The second-order valence-corrected chi connectivity index (χ2v) is 10.4. The van der Waals surface area contributed by atoms with Crippen LogP contribution in [0.4, 0.5) is 0 Å². The highest BCUT2D eigenvalue weighted by Gasteiger charge is 2.30. The molecule has 1 fully saturated rings. The molecule has 234 valence electrons. The lowest BCUT2D eigenvalue weighted by atomic mass is 10.1. The number of fused-ring (bicyclic) bond motifs is 2. The Labute approximate surface area is 247 Å². The van der Waals surface area contributed by atoms with Gasteiger partial charge < -0.3 is 25.4 Å². The second-order valence-electron chi connectivity index (χ2n) is 10.4. The van der Waals surface area contributed by atoms with E-state index in [1.165, 1.54) is 20.8 Å². The summed E-state index contributed by atoms with van der Waals surface area (Å²) >= 11 is 0. The number of carboxylic acid groups (broad SMARTS) is 3. The Kier molecular flexibility index (Phi) is 12.2. The van der Waals surface area contributed by atoms with Crippen molar-refractivity contribution in [2.24, 2.45) is 0 Å². The molecular weight excluding hydrogens is 568 g/mol. The van der Waals surface area contributed by atoms with Crippen molar-refractivity contribution in [3.63, 3.8) is 0 Å². The molecule has 1 aromatic heterocycles. The zero-order valence-electron chi connectivity index (χ0n) is 23.6. The van der Waals surface area contributed by atoms with Crippen LogP contribution in [0.2, 0.25) is 0 Å². The van der Waals surface area contributed by atoms with Crippen molar-refractivity contribution in [2.75, 3.05) is 52.4 Å². The van der Waals surface area contributed by atoms with Gasteiger partial charge >= 0.3 is 17.9 Å². The Bertz CT molecular complexity index is 1220. The average molecular weight is 605 g/mol. The first kappa shape index (κ1) is 33.2. The predicted molar refractivity (Wildman–Crippen MR) is 147 cm³/mol. The number of aromatic nitrogens is 1. The number of aldehydes is 1. The molecule has 43 heavy (non-hydrogen) atoms. The smallest absolute Gasteiger partial charge is 0.321 e. The minimum absolute atomic E-state index is 0.00219. The summed E-state index contributed by atoms with van der Waals surface area (Å²) in [6, 6.07) is 1.69. The fraction of sp³-hybridized carbons (Fsp3) is 0.556. The van der Waals surface area contributed by atoms with Gasteiger partial charge in [0, 0.05) is 70.8 Å². The Balaban J connectivity index is 1.81. The van der Waals surface area contributed by atoms with Crippen molar-refractivity contribution in [3.05, 3.63) is 29.1 Å². The number of rotatable bonds is 13. The fourth-order valence-electron chi connectivity index (χ4n) is 5.06. The summed E-state index contributed by atoms with van der Waals surface area (Å²) in [5.74, 6) is -4.67. The van der Waals surface area contributed by atoms with Gasteiger partial charge in [0.2, 0.25) is 11.8 Å². The number of carboxylic acids is 3. The summed E-state index contributed by atoms with van der Waals surface area (Å²) in [7, 11) is 0. The van der Waals surface area contributed by atoms with E-state index in [1.54, 1.807) is 11.0 Å². The molecule has 0 radical (unpaired) electrons. The molecule has 3 rings (SSSR count). The second kappa shape index (κ2) is 15.8. The van der Waals surface area contributed by atoms with E-state index >= 15 is 0 Å². The van der Waals surface area contributed by atoms with Crippen LogP contribution < -0.4 is 5.32 Å². The molecule has 1 aromatic rings. The van der Waals surface area contributed by atoms with E-state index in [4.69, 9.17) is 0 Å². The summed E-state index contributed by atoms with van der Waals surface area (Å²) in [6.45, 7) is 0.389. The number of nitrogens with zero attached hydrogens (tertiary/aromatic N) is 5. The van der Waals surface area contributed by atoms with Gasteiger partial charge in [-0.1, -0.05) is 0 Å². The van der Waals surface area contributed by atoms with Crippen LogP contribution in [0.3, 0.4) is 0 Å². The Morgan fingerprint density at radius 2 is 1.51 bits per heavy atom. The molecule has 2 aliphatic rings. The van der Waals surface area contributed by atoms with Crippen LogP contribution in [0.15, 0.2) is 12.1 Å². The normalized spacial score (nSPS) is 18.0. The van der Waals surface area contributed by atoms with Crippen molar-refractivity contribution >= 4 is 41.9 Å². The Morgan fingerprint density at radius 3 is 2.07 bits per heavy atom. The highest BCUT2D eigenvalue weighted by Crippen LogP contribution is 2.15. The van der Waals surface area contributed by atoms with Gasteiger partial charge in [-0.2, -0.15) is 0 Å². The quantitative estimate of drug-likeness (QED) is 0.114. The molecule has 1 atom stereocenters. The molecule has 3 amide bonds. The maximum atomic E-state index is 13.1. The molecule has 0 aromatic carbocycles. The molecular formula is C27H36N6O10. The van der Waals surface area contributed by atoms with Crippen LogP contribution in [0.1, 0.15) is 47.4 Å². The molecule has 2 bridgehead atoms. The number of nitrogens with one attached hydrogen (secondary N) is 1. The maximum absolute atomic E-state index is 13.1. The fourth-order valence-corrected chi connectivity index (χ4v) is 5.06. The van der Waals surface area contributed by atoms with Gasteiger partial charge in [-0.15, -0.1) is 0 Å². The van der Waals surface area contributed by atoms with Crippen molar-refractivity contribution in [1.82, 2.24) is 29.9 Å². The van der Waals surface area contributed by atoms with E-state index in [1.807, 2.05) is 0 Å². The van der Waals surface area contributed by atoms with Crippen LogP contribution in [0.5, 0.6) is 0 Å². The van der Waals surface area contributed by atoms with Crippen molar-refractivity contribution < 1.29 is 48.9 Å². The van der Waals surface area contributed by atoms with E-state index in [0.29, 0.717) is 24.1 Å². The zero-order chi connectivity index (χ0) is 31.5. The zero-order valence-corrected chi connectivity index (χ0v) is 23.6. The number of carbonyl (C=O) groups excluding carboxylic acids is 4. The lowest BCUT2D eigenvalue weighted by Gasteiger charge is -2.33. The van der Waals surface area contributed by atoms with Crippen LogP contribution in [0.25, 0.3) is 0 Å². The van der Waals surface area contributed by atoms with Gasteiger partial charge in [-0.25, -0.2) is 0 Å². The third-order valence-corrected chi connectivity index (χ3v) is 7.16. The van der Waals surface area contributed by atoms with Gasteiger partial charge in [0.25, 0.3) is 5.91 Å². The Morgan fingerprint density at radius 1 is 0.907 bits per heavy atom. The van der Waals surface area contributed by atoms with Crippen molar-refractivity contribution in [3.8, 4) is 0 Å². The number of carbonyl (C=O) groups is 7. The largest absolute Gasteiger partial charge is 0.481 e. The topological polar surface area (TPSA) is 218 Å². The standard InChI is InChI=1S/C27H36N6O10/c34-11-10-30-6-8-32(21(27(42)43)14-24(37)38)9-7-31(17-25(39)40)16-20-13-18(12-19(15-30)29-20)26(41)28-4-1-5-33-22(35)2-3-23(33)36/h11-13,21H,1-10,14-17H2,(H,28,41)(H,37,38)(H,39,40)(H,42,43). The molecule has 2 aliphatic heterocycles. The van der Waals surface area contributed by atoms with E-state index < -0.39 is 42.8 Å². The first-order valence-corrected chi connectivity index (χ1v) is 13.9. The molecule has 0 spiro atoms.